The summed E-state index contributed by atoms with van der Waals surface area (Å²) in [6.07, 6.45) is 3.76. The Morgan fingerprint density at radius 1 is 1.12 bits per heavy atom. The molecule has 3 aromatic rings. The van der Waals surface area contributed by atoms with Gasteiger partial charge in [-0.05, 0) is 49.9 Å². The zero-order valence-electron chi connectivity index (χ0n) is 13.8. The van der Waals surface area contributed by atoms with Gasteiger partial charge in [0, 0.05) is 28.9 Å². The Morgan fingerprint density at radius 3 is 2.50 bits per heavy atom. The molecule has 0 atom stereocenters. The Bertz CT molecular complexity index is 949. The third kappa shape index (κ3) is 1.98. The molecule has 24 heavy (non-hydrogen) atoms. The summed E-state index contributed by atoms with van der Waals surface area (Å²) in [4.78, 5) is 0. The fourth-order valence-electron chi connectivity index (χ4n) is 3.82. The fraction of sp³-hybridized carbons (Fsp3) is 0.250. The number of hydrogen-bond donors (Lipinski definition) is 1. The van der Waals surface area contributed by atoms with Gasteiger partial charge in [-0.15, -0.1) is 0 Å². The van der Waals surface area contributed by atoms with Gasteiger partial charge in [-0.2, -0.15) is 5.26 Å². The molecule has 0 fully saturated rings. The SMILES string of the molecule is Cc1coc(C)c1-c1c(-c2ccc(O)cc2)c2n(c1C#N)CCC2. The van der Waals surface area contributed by atoms with E-state index in [-0.39, 0.29) is 5.75 Å². The zero-order valence-corrected chi connectivity index (χ0v) is 13.8. The van der Waals surface area contributed by atoms with Crippen molar-refractivity contribution in [1.29, 1.82) is 5.26 Å². The number of fused-ring (bicyclic) bond motifs is 1. The molecule has 1 aliphatic heterocycles. The third-order valence-electron chi connectivity index (χ3n) is 4.84. The summed E-state index contributed by atoms with van der Waals surface area (Å²) in [6, 6.07) is 9.63. The molecular weight excluding hydrogens is 300 g/mol. The number of furan rings is 1. The molecule has 1 N–H and O–H groups in total. The molecule has 3 heterocycles. The van der Waals surface area contributed by atoms with Crippen LogP contribution in [0.2, 0.25) is 0 Å². The van der Waals surface area contributed by atoms with Gasteiger partial charge in [0.15, 0.2) is 0 Å². The normalized spacial score (nSPS) is 13.0. The summed E-state index contributed by atoms with van der Waals surface area (Å²) in [5.41, 5.74) is 7.03. The van der Waals surface area contributed by atoms with Crippen molar-refractivity contribution in [3.63, 3.8) is 0 Å². The average molecular weight is 318 g/mol. The smallest absolute Gasteiger partial charge is 0.129 e. The number of aromatic nitrogens is 1. The monoisotopic (exact) mass is 318 g/mol. The minimum Gasteiger partial charge on any atom is -0.508 e. The van der Waals surface area contributed by atoms with E-state index in [0.717, 1.165) is 53.0 Å². The largest absolute Gasteiger partial charge is 0.508 e. The Kier molecular flexibility index (Phi) is 3.24. The maximum absolute atomic E-state index is 9.83. The van der Waals surface area contributed by atoms with Gasteiger partial charge in [0.05, 0.1) is 6.26 Å². The molecule has 0 spiro atoms. The van der Waals surface area contributed by atoms with Crippen molar-refractivity contribution in [1.82, 2.24) is 4.57 Å². The second-order valence-corrected chi connectivity index (χ2v) is 6.31. The fourth-order valence-corrected chi connectivity index (χ4v) is 3.82. The van der Waals surface area contributed by atoms with Crippen LogP contribution in [0.25, 0.3) is 22.3 Å². The van der Waals surface area contributed by atoms with Gasteiger partial charge in [-0.1, -0.05) is 12.1 Å². The van der Waals surface area contributed by atoms with E-state index in [1.54, 1.807) is 18.4 Å². The molecule has 1 aliphatic rings. The van der Waals surface area contributed by atoms with Crippen molar-refractivity contribution in [3.8, 4) is 34.1 Å². The van der Waals surface area contributed by atoms with Crippen molar-refractivity contribution in [2.45, 2.75) is 33.2 Å². The number of hydrogen-bond acceptors (Lipinski definition) is 3. The minimum absolute atomic E-state index is 0.243. The number of phenolic OH excluding ortho intramolecular Hbond substituents is 1. The van der Waals surface area contributed by atoms with Crippen LogP contribution in [0, 0.1) is 25.2 Å². The number of nitrogens with zero attached hydrogens (tertiary/aromatic N) is 2. The highest BCUT2D eigenvalue weighted by Crippen LogP contribution is 2.45. The van der Waals surface area contributed by atoms with Gasteiger partial charge in [0.2, 0.25) is 0 Å². The lowest BCUT2D eigenvalue weighted by Gasteiger charge is -2.08. The van der Waals surface area contributed by atoms with E-state index in [1.165, 1.54) is 5.69 Å². The van der Waals surface area contributed by atoms with Crippen molar-refractivity contribution < 1.29 is 9.52 Å². The Balaban J connectivity index is 2.09. The number of phenols is 1. The topological polar surface area (TPSA) is 62.1 Å². The van der Waals surface area contributed by atoms with Crippen LogP contribution in [-0.2, 0) is 13.0 Å². The van der Waals surface area contributed by atoms with Gasteiger partial charge < -0.3 is 14.1 Å². The van der Waals surface area contributed by atoms with E-state index < -0.39 is 0 Å². The van der Waals surface area contributed by atoms with Gasteiger partial charge in [0.1, 0.15) is 23.3 Å². The number of aromatic hydroxyl groups is 1. The minimum atomic E-state index is 0.243. The molecule has 0 saturated heterocycles. The van der Waals surface area contributed by atoms with Crippen LogP contribution in [0.5, 0.6) is 5.75 Å². The molecule has 0 amide bonds. The Labute approximate surface area is 140 Å². The van der Waals surface area contributed by atoms with Crippen molar-refractivity contribution in [3.05, 3.63) is 53.2 Å². The molecule has 4 heteroatoms. The maximum atomic E-state index is 9.83. The molecule has 0 bridgehead atoms. The highest BCUT2D eigenvalue weighted by atomic mass is 16.3. The predicted molar refractivity (Wildman–Crippen MR) is 91.7 cm³/mol. The van der Waals surface area contributed by atoms with Gasteiger partial charge >= 0.3 is 0 Å². The van der Waals surface area contributed by atoms with Crippen molar-refractivity contribution >= 4 is 0 Å². The molecule has 0 saturated carbocycles. The van der Waals surface area contributed by atoms with Gasteiger partial charge in [-0.3, -0.25) is 0 Å². The quantitative estimate of drug-likeness (QED) is 0.753. The second kappa shape index (κ2) is 5.31. The van der Waals surface area contributed by atoms with Crippen LogP contribution in [0.4, 0.5) is 0 Å². The van der Waals surface area contributed by atoms with Gasteiger partial charge in [0.25, 0.3) is 0 Å². The standard InChI is InChI=1S/C20H18N2O2/c1-12-11-24-13(2)18(12)20-17(10-21)22-9-3-4-16(22)19(20)14-5-7-15(23)8-6-14/h5-8,11,23H,3-4,9H2,1-2H3. The zero-order chi connectivity index (χ0) is 16.8. The third-order valence-corrected chi connectivity index (χ3v) is 4.84. The van der Waals surface area contributed by atoms with E-state index in [2.05, 4.69) is 10.6 Å². The molecule has 2 aromatic heterocycles. The molecule has 4 nitrogen and oxygen atoms in total. The molecule has 0 radical (unpaired) electrons. The van der Waals surface area contributed by atoms with E-state index >= 15 is 0 Å². The van der Waals surface area contributed by atoms with Gasteiger partial charge in [-0.25, -0.2) is 0 Å². The van der Waals surface area contributed by atoms with Crippen LogP contribution in [0.15, 0.2) is 34.9 Å². The molecule has 4 rings (SSSR count). The Hall–Kier alpha value is -2.93. The Morgan fingerprint density at radius 2 is 1.88 bits per heavy atom. The van der Waals surface area contributed by atoms with Crippen LogP contribution in [0.3, 0.4) is 0 Å². The summed E-state index contributed by atoms with van der Waals surface area (Å²) in [5.74, 6) is 1.07. The van der Waals surface area contributed by atoms with E-state index in [4.69, 9.17) is 4.42 Å². The summed E-state index contributed by atoms with van der Waals surface area (Å²) < 4.78 is 7.74. The summed E-state index contributed by atoms with van der Waals surface area (Å²) in [6.45, 7) is 4.82. The number of aryl methyl sites for hydroxylation is 2. The number of nitriles is 1. The molecule has 0 unspecified atom stereocenters. The van der Waals surface area contributed by atoms with Crippen LogP contribution in [0.1, 0.15) is 29.1 Å². The highest BCUT2D eigenvalue weighted by molar-refractivity contribution is 5.91. The van der Waals surface area contributed by atoms with Crippen molar-refractivity contribution in [2.24, 2.45) is 0 Å². The average Bonchev–Trinajstić information content (AvgIpc) is 3.23. The maximum Gasteiger partial charge on any atom is 0.129 e. The second-order valence-electron chi connectivity index (χ2n) is 6.31. The summed E-state index contributed by atoms with van der Waals surface area (Å²) >= 11 is 0. The first-order chi connectivity index (χ1) is 11.6. The first kappa shape index (κ1) is 14.6. The van der Waals surface area contributed by atoms with Crippen LogP contribution < -0.4 is 0 Å². The molecule has 120 valence electrons. The van der Waals surface area contributed by atoms with Crippen LogP contribution >= 0.6 is 0 Å². The lowest BCUT2D eigenvalue weighted by atomic mass is 9.92. The summed E-state index contributed by atoms with van der Waals surface area (Å²) in [7, 11) is 0. The lowest BCUT2D eigenvalue weighted by molar-refractivity contribution is 0.475. The van der Waals surface area contributed by atoms with E-state index in [9.17, 15) is 10.4 Å². The van der Waals surface area contributed by atoms with E-state index in [0.29, 0.717) is 5.69 Å². The van der Waals surface area contributed by atoms with Crippen molar-refractivity contribution in [2.75, 3.05) is 0 Å². The van der Waals surface area contributed by atoms with E-state index in [1.807, 2.05) is 26.0 Å². The molecular formula is C20H18N2O2. The van der Waals surface area contributed by atoms with Crippen LogP contribution in [-0.4, -0.2) is 9.67 Å². The lowest BCUT2D eigenvalue weighted by Crippen LogP contribution is -1.96. The number of rotatable bonds is 2. The first-order valence-electron chi connectivity index (χ1n) is 8.11. The molecule has 0 aliphatic carbocycles. The number of benzene rings is 1. The predicted octanol–water partition coefficient (Wildman–Crippen LogP) is 4.56. The first-order valence-corrected chi connectivity index (χ1v) is 8.11. The highest BCUT2D eigenvalue weighted by Gasteiger charge is 2.29. The summed E-state index contributed by atoms with van der Waals surface area (Å²) in [5, 5.41) is 19.4. The molecule has 1 aromatic carbocycles.